The Bertz CT molecular complexity index is 701. The van der Waals surface area contributed by atoms with Gasteiger partial charge in [-0.2, -0.15) is 8.42 Å². The highest BCUT2D eigenvalue weighted by molar-refractivity contribution is 7.80. The number of ether oxygens (including phenoxy) is 4. The Morgan fingerprint density at radius 3 is 2.03 bits per heavy atom. The Morgan fingerprint density at radius 2 is 1.50 bits per heavy atom. The van der Waals surface area contributed by atoms with Crippen molar-refractivity contribution in [3.8, 4) is 0 Å². The lowest BCUT2D eigenvalue weighted by Gasteiger charge is -2.46. The average Bonchev–Trinajstić information content (AvgIpc) is 2.77. The van der Waals surface area contributed by atoms with Crippen LogP contribution in [0.25, 0.3) is 0 Å². The van der Waals surface area contributed by atoms with Crippen molar-refractivity contribution < 1.29 is 61.6 Å². The van der Waals surface area contributed by atoms with Crippen molar-refractivity contribution in [2.75, 3.05) is 13.2 Å². The van der Waals surface area contributed by atoms with E-state index in [0.717, 1.165) is 25.7 Å². The van der Waals surface area contributed by atoms with E-state index in [-0.39, 0.29) is 12.5 Å². The lowest BCUT2D eigenvalue weighted by molar-refractivity contribution is -0.363. The minimum atomic E-state index is -5.10. The molecule has 6 N–H and O–H groups in total. The van der Waals surface area contributed by atoms with Gasteiger partial charge in [-0.25, -0.2) is 4.18 Å². The van der Waals surface area contributed by atoms with Crippen LogP contribution in [0.1, 0.15) is 46.5 Å². The first kappa shape index (κ1) is 29.7. The maximum Gasteiger partial charge on any atom is 0.397 e. The maximum atomic E-state index is 11.5. The topological polar surface area (TPSA) is 202 Å². The third-order valence-electron chi connectivity index (χ3n) is 6.02. The number of hydrogen-bond acceptors (Lipinski definition) is 12. The molecule has 13 nitrogen and oxygen atoms in total. The number of aliphatic hydroxyl groups excluding tert-OH is 5. The van der Waals surface area contributed by atoms with Crippen LogP contribution in [0.15, 0.2) is 0 Å². The first-order chi connectivity index (χ1) is 15.9. The zero-order valence-electron chi connectivity index (χ0n) is 19.5. The van der Waals surface area contributed by atoms with E-state index in [0.29, 0.717) is 0 Å². The lowest BCUT2D eigenvalue weighted by atomic mass is 9.97. The molecular formula is C20H38O13S. The van der Waals surface area contributed by atoms with Gasteiger partial charge in [0.05, 0.1) is 19.3 Å². The zero-order chi connectivity index (χ0) is 25.6. The third-order valence-corrected chi connectivity index (χ3v) is 6.49. The summed E-state index contributed by atoms with van der Waals surface area (Å²) in [5.74, 6) is 0.133. The molecule has 14 heteroatoms. The van der Waals surface area contributed by atoms with Gasteiger partial charge in [0, 0.05) is 0 Å². The van der Waals surface area contributed by atoms with Gasteiger partial charge in [0.25, 0.3) is 0 Å². The van der Waals surface area contributed by atoms with Crippen LogP contribution < -0.4 is 0 Å². The SMILES string of the molecule is CCCC(CCC)CO[C@@H]1O[C@H](CO)[C@H](O)[C@H](OS(=O)(=O)O)[C@H]1O[C@@H]1O[C@@H](C)[C@@H](O)[C@@H](O)[C@@H]1O. The molecule has 0 spiro atoms. The standard InChI is InChI=1S/C20H38O13S/c1-4-6-11(7-5-2)9-29-20-18(32-19-16(25)15(24)13(22)10(3)30-19)17(33-34(26,27)28)14(23)12(8-21)31-20/h10-25H,4-9H2,1-3H3,(H,26,27,28)/t10-,12+,13+,14-,15+,16-,17-,18+,19-,20+/m0/s1. The summed E-state index contributed by atoms with van der Waals surface area (Å²) in [6.07, 6.45) is -11.8. The highest BCUT2D eigenvalue weighted by Gasteiger charge is 2.52. The maximum absolute atomic E-state index is 11.5. The molecule has 2 aliphatic rings. The monoisotopic (exact) mass is 518 g/mol. The molecule has 0 aromatic carbocycles. The second kappa shape index (κ2) is 13.2. The second-order valence-corrected chi connectivity index (χ2v) is 9.81. The van der Waals surface area contributed by atoms with Crippen LogP contribution in [-0.4, -0.2) is 113 Å². The van der Waals surface area contributed by atoms with E-state index in [1.165, 1.54) is 6.92 Å². The van der Waals surface area contributed by atoms with Gasteiger partial charge in [-0.1, -0.05) is 26.7 Å². The highest BCUT2D eigenvalue weighted by Crippen LogP contribution is 2.32. The molecule has 0 saturated carbocycles. The Morgan fingerprint density at radius 1 is 0.882 bits per heavy atom. The average molecular weight is 519 g/mol. The molecule has 0 unspecified atom stereocenters. The van der Waals surface area contributed by atoms with Gasteiger partial charge in [0.2, 0.25) is 0 Å². The first-order valence-electron chi connectivity index (χ1n) is 11.5. The van der Waals surface area contributed by atoms with Crippen molar-refractivity contribution in [2.24, 2.45) is 5.92 Å². The largest absolute Gasteiger partial charge is 0.397 e. The second-order valence-electron chi connectivity index (χ2n) is 8.76. The van der Waals surface area contributed by atoms with Crippen LogP contribution in [0.5, 0.6) is 0 Å². The molecule has 34 heavy (non-hydrogen) atoms. The van der Waals surface area contributed by atoms with Gasteiger partial charge in [0.1, 0.15) is 42.7 Å². The summed E-state index contributed by atoms with van der Waals surface area (Å²) in [5.41, 5.74) is 0. The van der Waals surface area contributed by atoms with Gasteiger partial charge in [-0.15, -0.1) is 0 Å². The molecule has 0 bridgehead atoms. The fourth-order valence-corrected chi connectivity index (χ4v) is 4.71. The molecule has 0 aliphatic carbocycles. The summed E-state index contributed by atoms with van der Waals surface area (Å²) in [6.45, 7) is 4.90. The molecule has 0 radical (unpaired) electrons. The van der Waals surface area contributed by atoms with Crippen molar-refractivity contribution in [2.45, 2.75) is 108 Å². The zero-order valence-corrected chi connectivity index (χ0v) is 20.4. The van der Waals surface area contributed by atoms with Crippen LogP contribution in [0.2, 0.25) is 0 Å². The number of rotatable bonds is 12. The van der Waals surface area contributed by atoms with E-state index in [4.69, 9.17) is 18.9 Å². The summed E-state index contributed by atoms with van der Waals surface area (Å²) in [4.78, 5) is 0. The minimum absolute atomic E-state index is 0.133. The molecule has 10 atom stereocenters. The summed E-state index contributed by atoms with van der Waals surface area (Å²) >= 11 is 0. The summed E-state index contributed by atoms with van der Waals surface area (Å²) in [6, 6.07) is 0. The van der Waals surface area contributed by atoms with Gasteiger partial charge < -0.3 is 44.5 Å². The van der Waals surface area contributed by atoms with Crippen LogP contribution in [0.3, 0.4) is 0 Å². The molecule has 2 rings (SSSR count). The van der Waals surface area contributed by atoms with E-state index in [1.807, 2.05) is 13.8 Å². The highest BCUT2D eigenvalue weighted by atomic mass is 32.3. The Labute approximate surface area is 199 Å². The van der Waals surface area contributed by atoms with Crippen molar-refractivity contribution in [1.29, 1.82) is 0 Å². The van der Waals surface area contributed by atoms with E-state index in [2.05, 4.69) is 4.18 Å². The van der Waals surface area contributed by atoms with Crippen molar-refractivity contribution in [1.82, 2.24) is 0 Å². The fourth-order valence-electron chi connectivity index (χ4n) is 4.21. The van der Waals surface area contributed by atoms with Gasteiger partial charge in [-0.05, 0) is 25.7 Å². The normalized spacial score (nSPS) is 39.5. The van der Waals surface area contributed by atoms with E-state index < -0.39 is 78.4 Å². The predicted octanol–water partition coefficient (Wildman–Crippen LogP) is -1.30. The summed E-state index contributed by atoms with van der Waals surface area (Å²) in [7, 11) is -5.10. The van der Waals surface area contributed by atoms with Crippen LogP contribution in [0, 0.1) is 5.92 Å². The first-order valence-corrected chi connectivity index (χ1v) is 12.9. The van der Waals surface area contributed by atoms with E-state index in [1.54, 1.807) is 0 Å². The molecule has 2 aliphatic heterocycles. The molecule has 2 heterocycles. The molecule has 2 fully saturated rings. The van der Waals surface area contributed by atoms with Crippen molar-refractivity contribution >= 4 is 10.4 Å². The Balaban J connectivity index is 2.32. The predicted molar refractivity (Wildman–Crippen MR) is 115 cm³/mol. The molecular weight excluding hydrogens is 480 g/mol. The van der Waals surface area contributed by atoms with Crippen LogP contribution in [0.4, 0.5) is 0 Å². The van der Waals surface area contributed by atoms with Gasteiger partial charge in [0.15, 0.2) is 12.6 Å². The van der Waals surface area contributed by atoms with E-state index >= 15 is 0 Å². The van der Waals surface area contributed by atoms with Crippen molar-refractivity contribution in [3.63, 3.8) is 0 Å². The van der Waals surface area contributed by atoms with Crippen molar-refractivity contribution in [3.05, 3.63) is 0 Å². The quantitative estimate of drug-likeness (QED) is 0.167. The molecule has 0 amide bonds. The Hall–Kier alpha value is -0.490. The Kier molecular flexibility index (Phi) is 11.5. The minimum Gasteiger partial charge on any atom is -0.394 e. The van der Waals surface area contributed by atoms with Gasteiger partial charge in [-0.3, -0.25) is 4.55 Å². The number of aliphatic hydroxyl groups is 5. The fraction of sp³-hybridized carbons (Fsp3) is 1.00. The molecule has 2 saturated heterocycles. The molecule has 202 valence electrons. The van der Waals surface area contributed by atoms with E-state index in [9.17, 15) is 38.5 Å². The lowest BCUT2D eigenvalue weighted by Crippen LogP contribution is -2.65. The smallest absolute Gasteiger partial charge is 0.394 e. The van der Waals surface area contributed by atoms with Crippen LogP contribution >= 0.6 is 0 Å². The third kappa shape index (κ3) is 7.75. The summed E-state index contributed by atoms with van der Waals surface area (Å²) in [5, 5.41) is 50.5. The summed E-state index contributed by atoms with van der Waals surface area (Å²) < 4.78 is 59.5. The van der Waals surface area contributed by atoms with Gasteiger partial charge >= 0.3 is 10.4 Å². The van der Waals surface area contributed by atoms with Crippen LogP contribution in [-0.2, 0) is 33.5 Å². The molecule has 0 aromatic rings. The number of hydrogen-bond donors (Lipinski definition) is 6. The molecule has 0 aromatic heterocycles.